The summed E-state index contributed by atoms with van der Waals surface area (Å²) in [7, 11) is 0. The van der Waals surface area contributed by atoms with Gasteiger partial charge in [0, 0.05) is 17.8 Å². The fourth-order valence-electron chi connectivity index (χ4n) is 2.77. The number of anilines is 1. The van der Waals surface area contributed by atoms with Crippen molar-refractivity contribution in [3.63, 3.8) is 0 Å². The Labute approximate surface area is 131 Å². The van der Waals surface area contributed by atoms with Crippen LogP contribution in [0.25, 0.3) is 0 Å². The van der Waals surface area contributed by atoms with Crippen molar-refractivity contribution in [1.82, 2.24) is 0 Å². The smallest absolute Gasteiger partial charge is 0.258 e. The average Bonchev–Trinajstić information content (AvgIpc) is 2.48. The first-order chi connectivity index (χ1) is 10.1. The number of rotatable bonds is 1. The number of para-hydroxylation sites is 1. The van der Waals surface area contributed by atoms with Gasteiger partial charge in [0.25, 0.3) is 5.91 Å². The Bertz CT molecular complexity index is 701. The molecule has 0 saturated carbocycles. The van der Waals surface area contributed by atoms with Crippen molar-refractivity contribution in [2.45, 2.75) is 13.3 Å². The predicted molar refractivity (Wildman–Crippen MR) is 85.1 cm³/mol. The predicted octanol–water partition coefficient (Wildman–Crippen LogP) is 4.43. The van der Waals surface area contributed by atoms with Crippen LogP contribution < -0.4 is 4.90 Å². The lowest BCUT2D eigenvalue weighted by Gasteiger charge is -2.33. The Morgan fingerprint density at radius 1 is 1.29 bits per heavy atom. The van der Waals surface area contributed by atoms with Crippen molar-refractivity contribution in [2.24, 2.45) is 5.92 Å². The maximum Gasteiger partial charge on any atom is 0.258 e. The number of hydrogen-bond donors (Lipinski definition) is 0. The second kappa shape index (κ2) is 5.60. The summed E-state index contributed by atoms with van der Waals surface area (Å²) in [5.41, 5.74) is 2.48. The molecule has 3 rings (SSSR count). The van der Waals surface area contributed by atoms with E-state index in [4.69, 9.17) is 0 Å². The van der Waals surface area contributed by atoms with Crippen LogP contribution in [-0.4, -0.2) is 12.5 Å². The zero-order valence-electron chi connectivity index (χ0n) is 11.6. The molecule has 0 saturated heterocycles. The molecule has 0 radical (unpaired) electrons. The van der Waals surface area contributed by atoms with Gasteiger partial charge >= 0.3 is 0 Å². The Hall–Kier alpha value is -1.68. The lowest BCUT2D eigenvalue weighted by molar-refractivity contribution is 0.0980. The highest BCUT2D eigenvalue weighted by Crippen LogP contribution is 2.31. The van der Waals surface area contributed by atoms with E-state index in [9.17, 15) is 9.18 Å². The summed E-state index contributed by atoms with van der Waals surface area (Å²) in [5, 5.41) is 0. The molecule has 0 aliphatic carbocycles. The minimum Gasteiger partial charge on any atom is -0.308 e. The molecular formula is C17H15BrFNO. The van der Waals surface area contributed by atoms with Crippen molar-refractivity contribution in [3.05, 3.63) is 63.9 Å². The zero-order valence-corrected chi connectivity index (χ0v) is 13.2. The molecule has 2 aromatic rings. The molecule has 1 unspecified atom stereocenters. The first-order valence-corrected chi connectivity index (χ1v) is 7.70. The average molecular weight is 348 g/mol. The maximum absolute atomic E-state index is 13.7. The number of benzene rings is 2. The molecule has 1 aliphatic heterocycles. The number of halogens is 2. The summed E-state index contributed by atoms with van der Waals surface area (Å²) in [6.45, 7) is 2.78. The van der Waals surface area contributed by atoms with Gasteiger partial charge in [0.2, 0.25) is 0 Å². The minimum absolute atomic E-state index is 0.152. The van der Waals surface area contributed by atoms with Gasteiger partial charge in [-0.05, 0) is 58.1 Å². The van der Waals surface area contributed by atoms with Crippen molar-refractivity contribution in [3.8, 4) is 0 Å². The molecule has 1 heterocycles. The van der Waals surface area contributed by atoms with Gasteiger partial charge in [0.15, 0.2) is 0 Å². The normalized spacial score (nSPS) is 17.5. The quantitative estimate of drug-likeness (QED) is 0.747. The molecule has 0 N–H and O–H groups in total. The Morgan fingerprint density at radius 3 is 2.81 bits per heavy atom. The van der Waals surface area contributed by atoms with E-state index in [1.165, 1.54) is 11.6 Å². The number of nitrogens with zero attached hydrogens (tertiary/aromatic N) is 1. The van der Waals surface area contributed by atoms with E-state index in [0.717, 1.165) is 12.1 Å². The van der Waals surface area contributed by atoms with Crippen molar-refractivity contribution >= 4 is 27.5 Å². The van der Waals surface area contributed by atoms with Crippen LogP contribution in [0.2, 0.25) is 0 Å². The number of hydrogen-bond acceptors (Lipinski definition) is 1. The highest BCUT2D eigenvalue weighted by atomic mass is 79.9. The summed E-state index contributed by atoms with van der Waals surface area (Å²) < 4.78 is 14.0. The van der Waals surface area contributed by atoms with E-state index < -0.39 is 5.82 Å². The van der Waals surface area contributed by atoms with E-state index in [2.05, 4.69) is 22.9 Å². The van der Waals surface area contributed by atoms with Gasteiger partial charge in [-0.25, -0.2) is 4.39 Å². The monoisotopic (exact) mass is 347 g/mol. The number of fused-ring (bicyclic) bond motifs is 1. The highest BCUT2D eigenvalue weighted by molar-refractivity contribution is 9.10. The van der Waals surface area contributed by atoms with Crippen LogP contribution >= 0.6 is 15.9 Å². The Morgan fingerprint density at radius 2 is 2.05 bits per heavy atom. The van der Waals surface area contributed by atoms with Gasteiger partial charge in [-0.1, -0.05) is 25.1 Å². The van der Waals surface area contributed by atoms with Crippen LogP contribution in [0.3, 0.4) is 0 Å². The van der Waals surface area contributed by atoms with Gasteiger partial charge in [0.05, 0.1) is 4.47 Å². The molecule has 0 spiro atoms. The second-order valence-electron chi connectivity index (χ2n) is 5.48. The summed E-state index contributed by atoms with van der Waals surface area (Å²) in [5.74, 6) is -0.177. The van der Waals surface area contributed by atoms with Crippen LogP contribution in [0.1, 0.15) is 22.8 Å². The molecule has 108 valence electrons. The maximum atomic E-state index is 13.7. The van der Waals surface area contributed by atoms with Crippen molar-refractivity contribution in [2.75, 3.05) is 11.4 Å². The van der Waals surface area contributed by atoms with Gasteiger partial charge in [0.1, 0.15) is 5.82 Å². The summed E-state index contributed by atoms with van der Waals surface area (Å²) in [6, 6.07) is 12.4. The first kappa shape index (κ1) is 14.3. The SMILES string of the molecule is CC1Cc2ccccc2N(C(=O)c2ccc(Br)c(F)c2)C1. The van der Waals surface area contributed by atoms with Gasteiger partial charge in [-0.3, -0.25) is 4.79 Å². The molecule has 21 heavy (non-hydrogen) atoms. The Balaban J connectivity index is 1.99. The van der Waals surface area contributed by atoms with Gasteiger partial charge < -0.3 is 4.90 Å². The molecule has 0 aromatic heterocycles. The molecular weight excluding hydrogens is 333 g/mol. The second-order valence-corrected chi connectivity index (χ2v) is 6.34. The van der Waals surface area contributed by atoms with Crippen LogP contribution in [-0.2, 0) is 6.42 Å². The molecule has 2 aromatic carbocycles. The van der Waals surface area contributed by atoms with E-state index >= 15 is 0 Å². The summed E-state index contributed by atoms with van der Waals surface area (Å²) in [6.07, 6.45) is 0.967. The van der Waals surface area contributed by atoms with Crippen LogP contribution in [0.15, 0.2) is 46.9 Å². The van der Waals surface area contributed by atoms with Crippen LogP contribution in [0.4, 0.5) is 10.1 Å². The highest BCUT2D eigenvalue weighted by Gasteiger charge is 2.27. The molecule has 0 fully saturated rings. The fourth-order valence-corrected chi connectivity index (χ4v) is 3.02. The third-order valence-corrected chi connectivity index (χ3v) is 4.40. The van der Waals surface area contributed by atoms with Crippen molar-refractivity contribution in [1.29, 1.82) is 0 Å². The first-order valence-electron chi connectivity index (χ1n) is 6.91. The lowest BCUT2D eigenvalue weighted by atomic mass is 9.93. The van der Waals surface area contributed by atoms with E-state index in [0.29, 0.717) is 22.5 Å². The van der Waals surface area contributed by atoms with Gasteiger partial charge in [-0.2, -0.15) is 0 Å². The van der Waals surface area contributed by atoms with E-state index in [1.807, 2.05) is 24.3 Å². The number of carbonyl (C=O) groups is 1. The van der Waals surface area contributed by atoms with E-state index in [1.54, 1.807) is 17.0 Å². The largest absolute Gasteiger partial charge is 0.308 e. The molecule has 1 amide bonds. The third kappa shape index (κ3) is 2.72. The van der Waals surface area contributed by atoms with Gasteiger partial charge in [-0.15, -0.1) is 0 Å². The fraction of sp³-hybridized carbons (Fsp3) is 0.235. The van der Waals surface area contributed by atoms with Crippen LogP contribution in [0.5, 0.6) is 0 Å². The molecule has 2 nitrogen and oxygen atoms in total. The van der Waals surface area contributed by atoms with Crippen molar-refractivity contribution < 1.29 is 9.18 Å². The van der Waals surface area contributed by atoms with Crippen LogP contribution in [0, 0.1) is 11.7 Å². The summed E-state index contributed by atoms with van der Waals surface area (Å²) >= 11 is 3.11. The van der Waals surface area contributed by atoms with E-state index in [-0.39, 0.29) is 5.91 Å². The molecule has 1 atom stereocenters. The number of amides is 1. The molecule has 1 aliphatic rings. The molecule has 4 heteroatoms. The zero-order chi connectivity index (χ0) is 15.0. The standard InChI is InChI=1S/C17H15BrFNO/c1-11-8-12-4-2-3-5-16(12)20(10-11)17(21)13-6-7-14(18)15(19)9-13/h2-7,9,11H,8,10H2,1H3. The Kier molecular flexibility index (Phi) is 3.81. The third-order valence-electron chi connectivity index (χ3n) is 3.76. The minimum atomic E-state index is -0.417. The number of carbonyl (C=O) groups excluding carboxylic acids is 1. The lowest BCUT2D eigenvalue weighted by Crippen LogP contribution is -2.39. The summed E-state index contributed by atoms with van der Waals surface area (Å²) in [4.78, 5) is 14.5. The topological polar surface area (TPSA) is 20.3 Å². The molecule has 0 bridgehead atoms.